The maximum absolute atomic E-state index is 6.32. The van der Waals surface area contributed by atoms with E-state index in [1.165, 1.54) is 12.0 Å². The van der Waals surface area contributed by atoms with Crippen molar-refractivity contribution in [2.24, 2.45) is 21.5 Å². The van der Waals surface area contributed by atoms with Crippen molar-refractivity contribution in [2.45, 2.75) is 44.7 Å². The Bertz CT molecular complexity index is 828. The molecule has 6 nitrogen and oxygen atoms in total. The van der Waals surface area contributed by atoms with Gasteiger partial charge in [-0.25, -0.2) is 4.99 Å². The first kappa shape index (κ1) is 15.7. The van der Waals surface area contributed by atoms with Crippen LogP contribution in [0.25, 0.3) is 5.69 Å². The molecule has 2 aliphatic rings. The number of hydrogen-bond acceptors (Lipinski definition) is 5. The Morgan fingerprint density at radius 3 is 2.48 bits per heavy atom. The maximum Gasteiger partial charge on any atom is 0.220 e. The standard InChI is InChI=1S/C19H24N6/c1-14-7-8-15(13-16(14)24-11-5-6-12-24)25-18(21)22-17(20)23-19(25)9-3-2-4-10-19/h5-8,11-13H,2-4,9-10H2,1H3,(H4,20,21,22,23). The first-order chi connectivity index (χ1) is 12.1. The van der Waals surface area contributed by atoms with E-state index < -0.39 is 5.66 Å². The summed E-state index contributed by atoms with van der Waals surface area (Å²) in [4.78, 5) is 11.1. The Kier molecular flexibility index (Phi) is 3.75. The molecular formula is C19H24N6. The van der Waals surface area contributed by atoms with Gasteiger partial charge in [0.15, 0.2) is 0 Å². The van der Waals surface area contributed by atoms with Gasteiger partial charge in [-0.05, 0) is 62.4 Å². The number of anilines is 1. The van der Waals surface area contributed by atoms with E-state index in [9.17, 15) is 0 Å². The zero-order valence-corrected chi connectivity index (χ0v) is 14.5. The zero-order chi connectivity index (χ0) is 17.4. The molecule has 1 aromatic carbocycles. The van der Waals surface area contributed by atoms with E-state index in [1.807, 2.05) is 24.5 Å². The van der Waals surface area contributed by atoms with Crippen molar-refractivity contribution in [1.82, 2.24) is 4.57 Å². The first-order valence-corrected chi connectivity index (χ1v) is 8.83. The molecule has 1 aromatic heterocycles. The fraction of sp³-hybridized carbons (Fsp3) is 0.368. The summed E-state index contributed by atoms with van der Waals surface area (Å²) in [5, 5.41) is 0. The lowest BCUT2D eigenvalue weighted by Gasteiger charge is -2.45. The van der Waals surface area contributed by atoms with Gasteiger partial charge >= 0.3 is 0 Å². The molecule has 0 bridgehead atoms. The summed E-state index contributed by atoms with van der Waals surface area (Å²) >= 11 is 0. The van der Waals surface area contributed by atoms with Crippen LogP contribution in [-0.4, -0.2) is 22.1 Å². The van der Waals surface area contributed by atoms with E-state index in [1.54, 1.807) is 0 Å². The Balaban J connectivity index is 1.82. The van der Waals surface area contributed by atoms with Crippen LogP contribution >= 0.6 is 0 Å². The van der Waals surface area contributed by atoms with Crippen LogP contribution in [0.4, 0.5) is 5.69 Å². The molecule has 0 radical (unpaired) electrons. The van der Waals surface area contributed by atoms with Crippen LogP contribution in [0.3, 0.4) is 0 Å². The second-order valence-corrected chi connectivity index (χ2v) is 6.88. The van der Waals surface area contributed by atoms with Crippen LogP contribution in [0.2, 0.25) is 0 Å². The van der Waals surface area contributed by atoms with Gasteiger partial charge < -0.3 is 16.0 Å². The van der Waals surface area contributed by atoms with Gasteiger partial charge in [0.2, 0.25) is 11.9 Å². The van der Waals surface area contributed by atoms with Gasteiger partial charge in [-0.3, -0.25) is 4.90 Å². The lowest BCUT2D eigenvalue weighted by atomic mass is 9.87. The van der Waals surface area contributed by atoms with E-state index >= 15 is 0 Å². The van der Waals surface area contributed by atoms with Crippen LogP contribution in [0.5, 0.6) is 0 Å². The average molecular weight is 336 g/mol. The lowest BCUT2D eigenvalue weighted by molar-refractivity contribution is 0.305. The molecule has 4 N–H and O–H groups in total. The van der Waals surface area contributed by atoms with E-state index in [-0.39, 0.29) is 5.96 Å². The fourth-order valence-electron chi connectivity index (χ4n) is 4.00. The Labute approximate surface area is 147 Å². The quantitative estimate of drug-likeness (QED) is 0.884. The molecule has 0 amide bonds. The number of benzene rings is 1. The topological polar surface area (TPSA) is 84.9 Å². The SMILES string of the molecule is Cc1ccc(N2C(N)=NC(N)=NC23CCCCC3)cc1-n1cccc1. The van der Waals surface area contributed by atoms with Gasteiger partial charge in [-0.2, -0.15) is 4.99 Å². The van der Waals surface area contributed by atoms with E-state index in [0.29, 0.717) is 5.96 Å². The summed E-state index contributed by atoms with van der Waals surface area (Å²) in [7, 11) is 0. The second kappa shape index (κ2) is 5.95. The van der Waals surface area contributed by atoms with Gasteiger partial charge in [-0.1, -0.05) is 12.5 Å². The molecule has 0 saturated heterocycles. The van der Waals surface area contributed by atoms with E-state index in [2.05, 4.69) is 39.6 Å². The molecule has 2 heterocycles. The van der Waals surface area contributed by atoms with E-state index in [4.69, 9.17) is 16.5 Å². The lowest BCUT2D eigenvalue weighted by Crippen LogP contribution is -2.58. The van der Waals surface area contributed by atoms with Crippen molar-refractivity contribution in [3.05, 3.63) is 48.3 Å². The molecule has 1 saturated carbocycles. The molecule has 130 valence electrons. The molecule has 4 rings (SSSR count). The molecule has 6 heteroatoms. The maximum atomic E-state index is 6.32. The van der Waals surface area contributed by atoms with Gasteiger partial charge in [0, 0.05) is 23.8 Å². The highest BCUT2D eigenvalue weighted by atomic mass is 15.4. The van der Waals surface area contributed by atoms with Gasteiger partial charge in [0.25, 0.3) is 0 Å². The van der Waals surface area contributed by atoms with Gasteiger partial charge in [0.05, 0.1) is 0 Å². The number of nitrogens with zero attached hydrogens (tertiary/aromatic N) is 4. The van der Waals surface area contributed by atoms with Crippen molar-refractivity contribution < 1.29 is 0 Å². The third-order valence-corrected chi connectivity index (χ3v) is 5.18. The van der Waals surface area contributed by atoms with Crippen molar-refractivity contribution in [2.75, 3.05) is 4.90 Å². The van der Waals surface area contributed by atoms with Crippen molar-refractivity contribution in [3.8, 4) is 5.69 Å². The number of nitrogens with two attached hydrogens (primary N) is 2. The Morgan fingerprint density at radius 2 is 1.76 bits per heavy atom. The highest BCUT2D eigenvalue weighted by molar-refractivity contribution is 6.05. The minimum absolute atomic E-state index is 0.286. The third kappa shape index (κ3) is 2.67. The Hall–Kier alpha value is -2.76. The smallest absolute Gasteiger partial charge is 0.220 e. The fourth-order valence-corrected chi connectivity index (χ4v) is 4.00. The minimum Gasteiger partial charge on any atom is -0.369 e. The van der Waals surface area contributed by atoms with Gasteiger partial charge in [-0.15, -0.1) is 0 Å². The minimum atomic E-state index is -0.405. The number of rotatable bonds is 2. The van der Waals surface area contributed by atoms with Crippen LogP contribution in [0.1, 0.15) is 37.7 Å². The second-order valence-electron chi connectivity index (χ2n) is 6.88. The molecule has 1 spiro atoms. The monoisotopic (exact) mass is 336 g/mol. The first-order valence-electron chi connectivity index (χ1n) is 8.83. The normalized spacial score (nSPS) is 19.6. The molecule has 0 atom stereocenters. The summed E-state index contributed by atoms with van der Waals surface area (Å²) < 4.78 is 2.11. The molecule has 0 unspecified atom stereocenters. The summed E-state index contributed by atoms with van der Waals surface area (Å²) in [6, 6.07) is 10.4. The zero-order valence-electron chi connectivity index (χ0n) is 14.5. The van der Waals surface area contributed by atoms with Crippen molar-refractivity contribution in [3.63, 3.8) is 0 Å². The summed E-state index contributed by atoms with van der Waals surface area (Å²) in [5.74, 6) is 0.713. The number of hydrogen-bond donors (Lipinski definition) is 2. The van der Waals surface area contributed by atoms with E-state index in [0.717, 1.165) is 37.1 Å². The molecule has 1 aliphatic heterocycles. The largest absolute Gasteiger partial charge is 0.369 e. The molecule has 1 aliphatic carbocycles. The predicted molar refractivity (Wildman–Crippen MR) is 102 cm³/mol. The average Bonchev–Trinajstić information content (AvgIpc) is 3.10. The Morgan fingerprint density at radius 1 is 1.04 bits per heavy atom. The number of aromatic nitrogens is 1. The highest BCUT2D eigenvalue weighted by Gasteiger charge is 2.42. The molecule has 25 heavy (non-hydrogen) atoms. The predicted octanol–water partition coefficient (Wildman–Crippen LogP) is 2.90. The van der Waals surface area contributed by atoms with Crippen LogP contribution in [0, 0.1) is 6.92 Å². The number of aryl methyl sites for hydroxylation is 1. The number of aliphatic imine (C=N–C) groups is 2. The molecular weight excluding hydrogens is 312 g/mol. The highest BCUT2D eigenvalue weighted by Crippen LogP contribution is 2.40. The summed E-state index contributed by atoms with van der Waals surface area (Å²) in [6.07, 6.45) is 9.45. The van der Waals surface area contributed by atoms with Gasteiger partial charge in [0.1, 0.15) is 5.66 Å². The summed E-state index contributed by atoms with van der Waals surface area (Å²) in [6.45, 7) is 2.11. The third-order valence-electron chi connectivity index (χ3n) is 5.18. The van der Waals surface area contributed by atoms with Crippen LogP contribution in [0.15, 0.2) is 52.7 Å². The van der Waals surface area contributed by atoms with Crippen molar-refractivity contribution in [1.29, 1.82) is 0 Å². The van der Waals surface area contributed by atoms with Crippen LogP contribution in [-0.2, 0) is 0 Å². The number of guanidine groups is 2. The summed E-state index contributed by atoms with van der Waals surface area (Å²) in [5.41, 5.74) is 15.2. The van der Waals surface area contributed by atoms with Crippen LogP contribution < -0.4 is 16.4 Å². The molecule has 1 fully saturated rings. The van der Waals surface area contributed by atoms with Crippen molar-refractivity contribution >= 4 is 17.6 Å². The molecule has 2 aromatic rings.